The van der Waals surface area contributed by atoms with Crippen LogP contribution >= 0.6 is 15.6 Å². The molecule has 0 heterocycles. The lowest BCUT2D eigenvalue weighted by Gasteiger charge is -2.21. The fourth-order valence-corrected chi connectivity index (χ4v) is 14.2. The first-order chi connectivity index (χ1) is 48.9. The van der Waals surface area contributed by atoms with Crippen molar-refractivity contribution in [2.75, 3.05) is 39.6 Å². The van der Waals surface area contributed by atoms with Gasteiger partial charge in [-0.1, -0.05) is 382 Å². The molecule has 0 aromatic carbocycles. The third kappa shape index (κ3) is 73.4. The molecule has 0 aromatic heterocycles. The minimum absolute atomic E-state index is 0.108. The zero-order valence-electron chi connectivity index (χ0n) is 66.2. The van der Waals surface area contributed by atoms with Gasteiger partial charge in [-0.3, -0.25) is 37.3 Å². The maximum absolute atomic E-state index is 13.1. The Bertz CT molecular complexity index is 1950. The molecule has 0 radical (unpaired) electrons. The Kier molecular flexibility index (Phi) is 72.2. The molecule has 0 rings (SSSR count). The van der Waals surface area contributed by atoms with Crippen LogP contribution < -0.4 is 0 Å². The third-order valence-electron chi connectivity index (χ3n) is 19.9. The van der Waals surface area contributed by atoms with E-state index in [0.717, 1.165) is 102 Å². The first kappa shape index (κ1) is 99.1. The van der Waals surface area contributed by atoms with E-state index in [2.05, 4.69) is 41.5 Å². The molecule has 3 N–H and O–H groups in total. The standard InChI is InChI=1S/C82H160O17P2/c1-7-11-13-15-17-19-21-23-25-27-31-35-39-46-52-58-64-79(84)92-70-77(98-81(86)67-61-55-49-41-37-33-29-28-30-34-38-44-50-56-62-74(5)9-3)72-96-100(88,89)94-68-76(83)69-95-101(90,91)97-73-78(71-93-80(85)65-59-53-47-43-42-45-51-57-63-75(6)10-4)99-82(87)66-60-54-48-40-36-32-26-24-22-20-18-16-14-12-8-2/h74-78,83H,7-73H2,1-6H3,(H,88,89)(H,90,91)/t74?,75?,76-,77-,78-/m1/s1. The van der Waals surface area contributed by atoms with E-state index in [4.69, 9.17) is 37.0 Å². The Balaban J connectivity index is 5.27. The average molecular weight is 1480 g/mol. The van der Waals surface area contributed by atoms with Gasteiger partial charge in [-0.2, -0.15) is 0 Å². The van der Waals surface area contributed by atoms with Gasteiger partial charge in [-0.05, 0) is 37.5 Å². The van der Waals surface area contributed by atoms with E-state index in [1.165, 1.54) is 250 Å². The number of carbonyl (C=O) groups is 4. The molecule has 0 fully saturated rings. The van der Waals surface area contributed by atoms with Crippen LogP contribution in [0.4, 0.5) is 0 Å². The molecule has 0 saturated carbocycles. The van der Waals surface area contributed by atoms with Crippen molar-refractivity contribution in [1.29, 1.82) is 0 Å². The summed E-state index contributed by atoms with van der Waals surface area (Å²) in [6, 6.07) is 0. The Morgan fingerprint density at radius 2 is 0.475 bits per heavy atom. The van der Waals surface area contributed by atoms with Crippen LogP contribution in [-0.4, -0.2) is 96.7 Å². The highest BCUT2D eigenvalue weighted by molar-refractivity contribution is 7.47. The number of unbranched alkanes of at least 4 members (excludes halogenated alkanes) is 49. The lowest BCUT2D eigenvalue weighted by molar-refractivity contribution is -0.161. The summed E-state index contributed by atoms with van der Waals surface area (Å²) in [5.41, 5.74) is 0. The second kappa shape index (κ2) is 73.6. The zero-order valence-corrected chi connectivity index (χ0v) is 68.0. The monoisotopic (exact) mass is 1480 g/mol. The largest absolute Gasteiger partial charge is 0.472 e. The Morgan fingerprint density at radius 1 is 0.277 bits per heavy atom. The van der Waals surface area contributed by atoms with Crippen LogP contribution in [0, 0.1) is 11.8 Å². The van der Waals surface area contributed by atoms with Crippen LogP contribution in [0.15, 0.2) is 0 Å². The van der Waals surface area contributed by atoms with Gasteiger partial charge in [-0.25, -0.2) is 9.13 Å². The minimum atomic E-state index is -4.96. The van der Waals surface area contributed by atoms with Crippen molar-refractivity contribution >= 4 is 39.5 Å². The van der Waals surface area contributed by atoms with Crippen molar-refractivity contribution in [1.82, 2.24) is 0 Å². The fraction of sp³-hybridized carbons (Fsp3) is 0.951. The Morgan fingerprint density at radius 3 is 0.703 bits per heavy atom. The van der Waals surface area contributed by atoms with E-state index in [9.17, 15) is 43.2 Å². The first-order valence-electron chi connectivity index (χ1n) is 42.6. The maximum atomic E-state index is 13.1. The van der Waals surface area contributed by atoms with Gasteiger partial charge in [0, 0.05) is 25.7 Å². The number of phosphoric ester groups is 2. The van der Waals surface area contributed by atoms with Crippen molar-refractivity contribution in [3.8, 4) is 0 Å². The summed E-state index contributed by atoms with van der Waals surface area (Å²) in [6.45, 7) is 9.71. The van der Waals surface area contributed by atoms with Crippen molar-refractivity contribution in [3.05, 3.63) is 0 Å². The van der Waals surface area contributed by atoms with E-state index in [1.54, 1.807) is 0 Å². The van der Waals surface area contributed by atoms with Gasteiger partial charge in [0.2, 0.25) is 0 Å². The molecule has 0 spiro atoms. The number of hydrogen-bond donors (Lipinski definition) is 3. The summed E-state index contributed by atoms with van der Waals surface area (Å²) in [5, 5.41) is 10.7. The van der Waals surface area contributed by atoms with Crippen molar-refractivity contribution < 1.29 is 80.2 Å². The number of carbonyl (C=O) groups excluding carboxylic acids is 4. The summed E-state index contributed by atoms with van der Waals surface area (Å²) in [5.74, 6) is -0.481. The normalized spacial score (nSPS) is 14.4. The summed E-state index contributed by atoms with van der Waals surface area (Å²) in [6.07, 6.45) is 63.6. The smallest absolute Gasteiger partial charge is 0.462 e. The second-order valence-electron chi connectivity index (χ2n) is 30.0. The van der Waals surface area contributed by atoms with Gasteiger partial charge in [0.15, 0.2) is 12.2 Å². The average Bonchev–Trinajstić information content (AvgIpc) is 0.959. The summed E-state index contributed by atoms with van der Waals surface area (Å²) in [7, 11) is -9.92. The molecule has 0 amide bonds. The molecule has 0 aliphatic rings. The van der Waals surface area contributed by atoms with Crippen LogP contribution in [0.2, 0.25) is 0 Å². The van der Waals surface area contributed by atoms with E-state index in [1.807, 2.05) is 0 Å². The third-order valence-corrected chi connectivity index (χ3v) is 21.8. The van der Waals surface area contributed by atoms with Crippen molar-refractivity contribution in [2.45, 2.75) is 452 Å². The van der Waals surface area contributed by atoms with Gasteiger partial charge < -0.3 is 33.8 Å². The van der Waals surface area contributed by atoms with Crippen LogP contribution in [0.25, 0.3) is 0 Å². The van der Waals surface area contributed by atoms with Crippen LogP contribution in [0.1, 0.15) is 433 Å². The van der Waals surface area contributed by atoms with Crippen LogP contribution in [0.5, 0.6) is 0 Å². The first-order valence-corrected chi connectivity index (χ1v) is 45.6. The number of ether oxygens (including phenoxy) is 4. The predicted molar refractivity (Wildman–Crippen MR) is 414 cm³/mol. The number of rotatable bonds is 81. The van der Waals surface area contributed by atoms with E-state index in [-0.39, 0.29) is 25.7 Å². The molecule has 0 aliphatic carbocycles. The molecule has 0 aromatic rings. The molecule has 19 heteroatoms. The number of phosphoric acid groups is 2. The SMILES string of the molecule is CCCCCCCCCCCCCCCCCCC(=O)OC[C@H](COP(=O)(O)OC[C@@H](O)COP(=O)(O)OC[C@@H](COC(=O)CCCCCCCCCCC(C)CC)OC(=O)CCCCCCCCCCCCCCCCC)OC(=O)CCCCCCCCCCCCCCCCC(C)CC. The molecule has 17 nitrogen and oxygen atoms in total. The van der Waals surface area contributed by atoms with Crippen LogP contribution in [-0.2, 0) is 65.4 Å². The van der Waals surface area contributed by atoms with Gasteiger partial charge >= 0.3 is 39.5 Å². The topological polar surface area (TPSA) is 237 Å². The summed E-state index contributed by atoms with van der Waals surface area (Å²) in [4.78, 5) is 73.1. The molecule has 101 heavy (non-hydrogen) atoms. The van der Waals surface area contributed by atoms with Crippen molar-refractivity contribution in [2.24, 2.45) is 11.8 Å². The lowest BCUT2D eigenvalue weighted by atomic mass is 9.99. The number of esters is 4. The minimum Gasteiger partial charge on any atom is -0.462 e. The van der Waals surface area contributed by atoms with E-state index < -0.39 is 97.5 Å². The molecule has 0 bridgehead atoms. The molecule has 0 aliphatic heterocycles. The Hall–Kier alpha value is -1.94. The fourth-order valence-electron chi connectivity index (χ4n) is 12.6. The highest BCUT2D eigenvalue weighted by Crippen LogP contribution is 2.45. The quantitative estimate of drug-likeness (QED) is 0.0222. The van der Waals surface area contributed by atoms with Gasteiger partial charge in [-0.15, -0.1) is 0 Å². The van der Waals surface area contributed by atoms with E-state index >= 15 is 0 Å². The van der Waals surface area contributed by atoms with E-state index in [0.29, 0.717) is 25.7 Å². The van der Waals surface area contributed by atoms with Crippen molar-refractivity contribution in [3.63, 3.8) is 0 Å². The highest BCUT2D eigenvalue weighted by atomic mass is 31.2. The number of aliphatic hydroxyl groups is 1. The second-order valence-corrected chi connectivity index (χ2v) is 32.9. The zero-order chi connectivity index (χ0) is 74.2. The van der Waals surface area contributed by atoms with Gasteiger partial charge in [0.1, 0.15) is 19.3 Å². The van der Waals surface area contributed by atoms with Gasteiger partial charge in [0.05, 0.1) is 26.4 Å². The van der Waals surface area contributed by atoms with Crippen LogP contribution in [0.3, 0.4) is 0 Å². The molecule has 0 saturated heterocycles. The molecule has 600 valence electrons. The molecule has 4 unspecified atom stereocenters. The molecule has 7 atom stereocenters. The van der Waals surface area contributed by atoms with Gasteiger partial charge in [0.25, 0.3) is 0 Å². The molecular weight excluding hydrogens is 1320 g/mol. The number of aliphatic hydroxyl groups excluding tert-OH is 1. The summed E-state index contributed by atoms with van der Waals surface area (Å²) < 4.78 is 68.8. The molecular formula is C82H160O17P2. The summed E-state index contributed by atoms with van der Waals surface area (Å²) >= 11 is 0. The highest BCUT2D eigenvalue weighted by Gasteiger charge is 2.30. The number of hydrogen-bond acceptors (Lipinski definition) is 15. The predicted octanol–water partition coefficient (Wildman–Crippen LogP) is 24.7. The lowest BCUT2D eigenvalue weighted by Crippen LogP contribution is -2.30. The Labute approximate surface area is 619 Å². The maximum Gasteiger partial charge on any atom is 0.472 e.